The van der Waals surface area contributed by atoms with Gasteiger partial charge in [-0.15, -0.1) is 0 Å². The highest BCUT2D eigenvalue weighted by molar-refractivity contribution is 5.51. The first-order valence-electron chi connectivity index (χ1n) is 4.77. The van der Waals surface area contributed by atoms with Crippen LogP contribution in [0.15, 0.2) is 61.0 Å². The molecule has 2 nitrogen and oxygen atoms in total. The fourth-order valence-electron chi connectivity index (χ4n) is 1.05. The van der Waals surface area contributed by atoms with Crippen molar-refractivity contribution in [3.63, 3.8) is 0 Å². The second kappa shape index (κ2) is 5.70. The van der Waals surface area contributed by atoms with Crippen LogP contribution in [0.25, 0.3) is 6.08 Å². The lowest BCUT2D eigenvalue weighted by atomic mass is 10.2. The normalized spacial score (nSPS) is 10.1. The highest BCUT2D eigenvalue weighted by Gasteiger charge is 1.88. The van der Waals surface area contributed by atoms with Crippen LogP contribution < -0.4 is 11.1 Å². The van der Waals surface area contributed by atoms with Gasteiger partial charge in [0, 0.05) is 11.4 Å². The number of allylic oxidation sites excluding steroid dienone is 1. The van der Waals surface area contributed by atoms with Gasteiger partial charge in [0.1, 0.15) is 0 Å². The Bertz CT molecular complexity index is 363. The Morgan fingerprint density at radius 3 is 2.53 bits per heavy atom. The first-order chi connectivity index (χ1) is 7.18. The van der Waals surface area contributed by atoms with Gasteiger partial charge in [0.25, 0.3) is 0 Å². The van der Waals surface area contributed by atoms with Gasteiger partial charge in [-0.1, -0.05) is 49.6 Å². The summed E-state index contributed by atoms with van der Waals surface area (Å²) in [4.78, 5) is 0. The molecule has 0 fully saturated rings. The number of rotatable bonds is 5. The van der Waals surface area contributed by atoms with Crippen molar-refractivity contribution in [1.82, 2.24) is 5.32 Å². The summed E-state index contributed by atoms with van der Waals surface area (Å²) >= 11 is 0. The summed E-state index contributed by atoms with van der Waals surface area (Å²) in [5.41, 5.74) is 8.00. The van der Waals surface area contributed by atoms with Gasteiger partial charge < -0.3 is 11.1 Å². The lowest BCUT2D eigenvalue weighted by Gasteiger charge is -2.04. The van der Waals surface area contributed by atoms with Gasteiger partial charge in [-0.2, -0.15) is 0 Å². The summed E-state index contributed by atoms with van der Waals surface area (Å²) in [5, 5.41) is 3.05. The minimum absolute atomic E-state index is 0.554. The van der Waals surface area contributed by atoms with E-state index in [1.165, 1.54) is 0 Å². The zero-order chi connectivity index (χ0) is 11.1. The second-order valence-corrected chi connectivity index (χ2v) is 3.28. The van der Waals surface area contributed by atoms with Crippen LogP contribution in [0.4, 0.5) is 0 Å². The topological polar surface area (TPSA) is 38.0 Å². The molecule has 1 aromatic rings. The lowest BCUT2D eigenvalue weighted by molar-refractivity contribution is 0.893. The van der Waals surface area contributed by atoms with E-state index in [2.05, 4.69) is 18.5 Å². The summed E-state index contributed by atoms with van der Waals surface area (Å²) in [5.74, 6) is 0. The average Bonchev–Trinajstić information content (AvgIpc) is 2.25. The average molecular weight is 200 g/mol. The molecule has 0 heterocycles. The van der Waals surface area contributed by atoms with Crippen LogP contribution in [0.3, 0.4) is 0 Å². The van der Waals surface area contributed by atoms with Gasteiger partial charge in [0.2, 0.25) is 0 Å². The lowest BCUT2D eigenvalue weighted by Crippen LogP contribution is -2.17. The molecular formula is C13H16N2. The molecule has 0 spiro atoms. The highest BCUT2D eigenvalue weighted by Crippen LogP contribution is 2.02. The van der Waals surface area contributed by atoms with E-state index in [4.69, 9.17) is 5.73 Å². The quantitative estimate of drug-likeness (QED) is 0.716. The maximum atomic E-state index is 5.43. The minimum atomic E-state index is 0.554. The maximum absolute atomic E-state index is 5.43. The Kier molecular flexibility index (Phi) is 4.23. The van der Waals surface area contributed by atoms with E-state index in [0.717, 1.165) is 11.3 Å². The van der Waals surface area contributed by atoms with Gasteiger partial charge in [-0.3, -0.25) is 0 Å². The molecule has 2 heteroatoms. The molecule has 15 heavy (non-hydrogen) atoms. The molecule has 0 aliphatic heterocycles. The zero-order valence-corrected chi connectivity index (χ0v) is 8.74. The molecule has 0 amide bonds. The van der Waals surface area contributed by atoms with E-state index >= 15 is 0 Å². The maximum Gasteiger partial charge on any atom is 0.0539 e. The Labute approximate surface area is 90.8 Å². The smallest absolute Gasteiger partial charge is 0.0539 e. The third-order valence-corrected chi connectivity index (χ3v) is 1.82. The molecule has 0 aliphatic rings. The molecule has 1 aromatic carbocycles. The molecule has 0 aliphatic carbocycles. The van der Waals surface area contributed by atoms with Gasteiger partial charge in [-0.25, -0.2) is 0 Å². The van der Waals surface area contributed by atoms with E-state index in [9.17, 15) is 0 Å². The Morgan fingerprint density at radius 1 is 1.27 bits per heavy atom. The summed E-state index contributed by atoms with van der Waals surface area (Å²) < 4.78 is 0. The summed E-state index contributed by atoms with van der Waals surface area (Å²) in [6.07, 6.45) is 3.91. The molecule has 78 valence electrons. The summed E-state index contributed by atoms with van der Waals surface area (Å²) in [6.45, 7) is 8.00. The van der Waals surface area contributed by atoms with Crippen molar-refractivity contribution < 1.29 is 0 Å². The first-order valence-corrected chi connectivity index (χ1v) is 4.77. The number of hydrogen-bond acceptors (Lipinski definition) is 2. The SMILES string of the molecule is C=C(N)CNC(=C)/C=C/c1ccccc1. The van der Waals surface area contributed by atoms with E-state index in [-0.39, 0.29) is 0 Å². The standard InChI is InChI=1S/C13H16N2/c1-11(14)10-15-12(2)8-9-13-6-4-3-5-7-13/h3-9,15H,1-2,10,14H2/b9-8+. The van der Waals surface area contributed by atoms with Crippen LogP contribution in [-0.4, -0.2) is 6.54 Å². The van der Waals surface area contributed by atoms with Gasteiger partial charge in [0.15, 0.2) is 0 Å². The van der Waals surface area contributed by atoms with Crippen LogP contribution in [0.2, 0.25) is 0 Å². The number of nitrogens with one attached hydrogen (secondary N) is 1. The molecule has 3 N–H and O–H groups in total. The van der Waals surface area contributed by atoms with E-state index in [0.29, 0.717) is 12.2 Å². The van der Waals surface area contributed by atoms with Crippen molar-refractivity contribution in [2.45, 2.75) is 0 Å². The predicted molar refractivity (Wildman–Crippen MR) is 65.9 cm³/mol. The molecule has 0 bridgehead atoms. The van der Waals surface area contributed by atoms with Crippen molar-refractivity contribution in [3.05, 3.63) is 66.5 Å². The van der Waals surface area contributed by atoms with Crippen LogP contribution in [0, 0.1) is 0 Å². The first kappa shape index (κ1) is 11.1. The number of nitrogens with two attached hydrogens (primary N) is 1. The zero-order valence-electron chi connectivity index (χ0n) is 8.74. The molecule has 0 saturated carbocycles. The Morgan fingerprint density at radius 2 is 1.93 bits per heavy atom. The molecule has 0 atom stereocenters. The molecule has 0 saturated heterocycles. The monoisotopic (exact) mass is 200 g/mol. The van der Waals surface area contributed by atoms with Gasteiger partial charge >= 0.3 is 0 Å². The van der Waals surface area contributed by atoms with Crippen molar-refractivity contribution in [1.29, 1.82) is 0 Å². The third-order valence-electron chi connectivity index (χ3n) is 1.82. The van der Waals surface area contributed by atoms with Crippen molar-refractivity contribution in [3.8, 4) is 0 Å². The fraction of sp³-hybridized carbons (Fsp3) is 0.0769. The van der Waals surface area contributed by atoms with E-state index in [1.54, 1.807) is 0 Å². The van der Waals surface area contributed by atoms with Crippen molar-refractivity contribution >= 4 is 6.08 Å². The van der Waals surface area contributed by atoms with E-state index in [1.807, 2.05) is 42.5 Å². The Hall–Kier alpha value is -1.96. The summed E-state index contributed by atoms with van der Waals surface area (Å²) in [6, 6.07) is 10.1. The third kappa shape index (κ3) is 4.72. The molecular weight excluding hydrogens is 184 g/mol. The molecule has 0 radical (unpaired) electrons. The van der Waals surface area contributed by atoms with Crippen molar-refractivity contribution in [2.75, 3.05) is 6.54 Å². The predicted octanol–water partition coefficient (Wildman–Crippen LogP) is 2.28. The van der Waals surface area contributed by atoms with Crippen LogP contribution in [-0.2, 0) is 0 Å². The van der Waals surface area contributed by atoms with Gasteiger partial charge in [-0.05, 0) is 11.6 Å². The van der Waals surface area contributed by atoms with E-state index < -0.39 is 0 Å². The largest absolute Gasteiger partial charge is 0.401 e. The fourth-order valence-corrected chi connectivity index (χ4v) is 1.05. The highest BCUT2D eigenvalue weighted by atomic mass is 14.9. The summed E-state index contributed by atoms with van der Waals surface area (Å²) in [7, 11) is 0. The molecule has 0 aromatic heterocycles. The van der Waals surface area contributed by atoms with Crippen LogP contribution >= 0.6 is 0 Å². The van der Waals surface area contributed by atoms with Gasteiger partial charge in [0.05, 0.1) is 6.54 Å². The molecule has 0 unspecified atom stereocenters. The second-order valence-electron chi connectivity index (χ2n) is 3.28. The number of benzene rings is 1. The van der Waals surface area contributed by atoms with Crippen molar-refractivity contribution in [2.24, 2.45) is 5.73 Å². The minimum Gasteiger partial charge on any atom is -0.401 e. The van der Waals surface area contributed by atoms with Crippen LogP contribution in [0.1, 0.15) is 5.56 Å². The number of hydrogen-bond donors (Lipinski definition) is 2. The molecule has 1 rings (SSSR count). The van der Waals surface area contributed by atoms with Crippen LogP contribution in [0.5, 0.6) is 0 Å². The Balaban J connectivity index is 2.44.